The Hall–Kier alpha value is -3.23. The van der Waals surface area contributed by atoms with Crippen molar-refractivity contribution in [3.8, 4) is 0 Å². The summed E-state index contributed by atoms with van der Waals surface area (Å²) in [6.07, 6.45) is 1.04. The minimum atomic E-state index is -0.555. The lowest BCUT2D eigenvalue weighted by Gasteiger charge is -2.29. The number of benzene rings is 1. The molecule has 2 N–H and O–H groups in total. The van der Waals surface area contributed by atoms with E-state index in [1.165, 1.54) is 0 Å². The third-order valence-corrected chi connectivity index (χ3v) is 4.83. The summed E-state index contributed by atoms with van der Waals surface area (Å²) >= 11 is 0. The Morgan fingerprint density at radius 2 is 1.89 bits per heavy atom. The molecule has 1 fully saturated rings. The number of hydrazone groups is 1. The molecule has 4 amide bonds. The number of imide groups is 1. The van der Waals surface area contributed by atoms with Gasteiger partial charge in [0.1, 0.15) is 17.8 Å². The lowest BCUT2D eigenvalue weighted by atomic mass is 10.0. The van der Waals surface area contributed by atoms with E-state index in [1.54, 1.807) is 11.2 Å². The molecule has 0 aromatic heterocycles. The van der Waals surface area contributed by atoms with Crippen molar-refractivity contribution in [2.45, 2.75) is 26.1 Å². The highest BCUT2D eigenvalue weighted by molar-refractivity contribution is 6.12. The Kier molecular flexibility index (Phi) is 4.14. The Balaban J connectivity index is 1.57. The van der Waals surface area contributed by atoms with E-state index in [2.05, 4.69) is 20.7 Å². The van der Waals surface area contributed by atoms with E-state index < -0.39 is 24.2 Å². The fourth-order valence-corrected chi connectivity index (χ4v) is 3.37. The zero-order chi connectivity index (χ0) is 19.1. The van der Waals surface area contributed by atoms with Crippen molar-refractivity contribution in [2.75, 3.05) is 11.6 Å². The van der Waals surface area contributed by atoms with Gasteiger partial charge in [-0.2, -0.15) is 5.10 Å². The van der Waals surface area contributed by atoms with Crippen LogP contribution in [0, 0.1) is 11.8 Å². The quantitative estimate of drug-likeness (QED) is 0.757. The summed E-state index contributed by atoms with van der Waals surface area (Å²) in [5, 5.41) is 11.3. The minimum Gasteiger partial charge on any atom is -0.326 e. The Morgan fingerprint density at radius 3 is 2.56 bits per heavy atom. The van der Waals surface area contributed by atoms with Gasteiger partial charge in [-0.25, -0.2) is 14.8 Å². The van der Waals surface area contributed by atoms with Gasteiger partial charge in [-0.1, -0.05) is 32.0 Å². The van der Waals surface area contributed by atoms with Gasteiger partial charge in [0.05, 0.1) is 12.2 Å². The molecule has 1 aromatic carbocycles. The van der Waals surface area contributed by atoms with Crippen LogP contribution in [0.15, 0.2) is 40.4 Å². The molecule has 1 aromatic rings. The largest absolute Gasteiger partial charge is 0.326 e. The van der Waals surface area contributed by atoms with E-state index in [-0.39, 0.29) is 30.1 Å². The number of aliphatic imine (C=N–C) groups is 1. The zero-order valence-electron chi connectivity index (χ0n) is 15.0. The van der Waals surface area contributed by atoms with E-state index in [4.69, 9.17) is 0 Å². The second-order valence-electron chi connectivity index (χ2n) is 7.04. The number of rotatable bonds is 4. The van der Waals surface area contributed by atoms with Crippen molar-refractivity contribution < 1.29 is 14.4 Å². The first-order valence-electron chi connectivity index (χ1n) is 8.83. The molecule has 140 valence electrons. The number of amides is 4. The highest BCUT2D eigenvalue weighted by atomic mass is 16.2. The fraction of sp³-hybridized carbons (Fsp3) is 0.389. The average Bonchev–Trinajstić information content (AvgIpc) is 3.19. The molecule has 3 aliphatic rings. The second-order valence-corrected chi connectivity index (χ2v) is 7.04. The van der Waals surface area contributed by atoms with Crippen LogP contribution in [0.4, 0.5) is 10.5 Å². The van der Waals surface area contributed by atoms with E-state index in [1.807, 2.05) is 44.2 Å². The van der Waals surface area contributed by atoms with Gasteiger partial charge in [0.2, 0.25) is 5.91 Å². The normalized spacial score (nSPS) is 27.0. The molecule has 3 atom stereocenters. The molecular weight excluding hydrogens is 348 g/mol. The summed E-state index contributed by atoms with van der Waals surface area (Å²) in [5.41, 5.74) is 0.814. The topological polar surface area (TPSA) is 106 Å². The summed E-state index contributed by atoms with van der Waals surface area (Å²) < 4.78 is 0. The predicted molar refractivity (Wildman–Crippen MR) is 99.1 cm³/mol. The van der Waals surface area contributed by atoms with Crippen molar-refractivity contribution >= 4 is 35.6 Å². The third-order valence-electron chi connectivity index (χ3n) is 4.83. The van der Waals surface area contributed by atoms with Crippen molar-refractivity contribution in [1.29, 1.82) is 0 Å². The first-order chi connectivity index (χ1) is 13.0. The number of nitrogens with one attached hydrogen (secondary N) is 2. The molecule has 0 radical (unpaired) electrons. The molecule has 0 unspecified atom stereocenters. The number of fused-ring (bicyclic) bond motifs is 1. The Labute approximate surface area is 156 Å². The molecule has 3 heterocycles. The number of para-hydroxylation sites is 1. The smallest absolute Gasteiger partial charge is 0.325 e. The molecule has 0 saturated carbocycles. The summed E-state index contributed by atoms with van der Waals surface area (Å²) in [4.78, 5) is 42.7. The van der Waals surface area contributed by atoms with Crippen LogP contribution in [0.1, 0.15) is 13.8 Å². The number of urea groups is 1. The van der Waals surface area contributed by atoms with Crippen molar-refractivity contribution in [2.24, 2.45) is 21.9 Å². The lowest BCUT2D eigenvalue weighted by Crippen LogP contribution is -2.52. The van der Waals surface area contributed by atoms with Crippen LogP contribution in [0.2, 0.25) is 0 Å². The van der Waals surface area contributed by atoms with Gasteiger partial charge in [0.25, 0.3) is 5.91 Å². The predicted octanol–water partition coefficient (Wildman–Crippen LogP) is 0.539. The van der Waals surface area contributed by atoms with Crippen molar-refractivity contribution in [1.82, 2.24) is 15.5 Å². The van der Waals surface area contributed by atoms with Gasteiger partial charge in [-0.3, -0.25) is 14.5 Å². The standard InChI is InChI=1S/C18H20N6O3/c1-10(2)14-17(26)23(18(27)22-14)9-13-20-15-12(16(25)21-13)8-19-24(15)11-6-4-3-5-7-11/h3-8,10,12,14-15H,9H2,1-2H3,(H,22,27)(H,20,21,25)/t12-,14-,15-/m1/s1. The lowest BCUT2D eigenvalue weighted by molar-refractivity contribution is -0.128. The number of hydrogen-bond acceptors (Lipinski definition) is 6. The molecule has 0 aliphatic carbocycles. The van der Waals surface area contributed by atoms with Gasteiger partial charge in [-0.15, -0.1) is 0 Å². The maximum absolute atomic E-state index is 12.5. The highest BCUT2D eigenvalue weighted by Gasteiger charge is 2.43. The van der Waals surface area contributed by atoms with E-state index in [0.717, 1.165) is 10.6 Å². The highest BCUT2D eigenvalue weighted by Crippen LogP contribution is 2.28. The van der Waals surface area contributed by atoms with Crippen LogP contribution in [0.3, 0.4) is 0 Å². The van der Waals surface area contributed by atoms with E-state index in [9.17, 15) is 14.4 Å². The van der Waals surface area contributed by atoms with Crippen LogP contribution < -0.4 is 15.6 Å². The number of amidine groups is 1. The number of carbonyl (C=O) groups is 3. The molecule has 0 bridgehead atoms. The molecule has 4 rings (SSSR count). The SMILES string of the molecule is CC(C)[C@H]1NC(=O)N(CC2=N[C@H]3[C@@H](C=NN3c3ccccc3)C(=O)N2)C1=O. The van der Waals surface area contributed by atoms with Crippen LogP contribution in [-0.4, -0.2) is 53.5 Å². The minimum absolute atomic E-state index is 0.0180. The van der Waals surface area contributed by atoms with E-state index >= 15 is 0 Å². The monoisotopic (exact) mass is 368 g/mol. The van der Waals surface area contributed by atoms with Crippen LogP contribution >= 0.6 is 0 Å². The van der Waals surface area contributed by atoms with Gasteiger partial charge < -0.3 is 10.6 Å². The summed E-state index contributed by atoms with van der Waals surface area (Å²) in [5.74, 6) is -0.812. The molecule has 0 spiro atoms. The number of anilines is 1. The molecule has 9 nitrogen and oxygen atoms in total. The number of carbonyl (C=O) groups excluding carboxylic acids is 3. The maximum atomic E-state index is 12.5. The second kappa shape index (κ2) is 6.49. The molecule has 27 heavy (non-hydrogen) atoms. The summed E-state index contributed by atoms with van der Waals surface area (Å²) in [6, 6.07) is 8.39. The van der Waals surface area contributed by atoms with Crippen molar-refractivity contribution in [3.63, 3.8) is 0 Å². The molecular formula is C18H20N6O3. The van der Waals surface area contributed by atoms with Gasteiger partial charge >= 0.3 is 6.03 Å². The number of nitrogens with zero attached hydrogens (tertiary/aromatic N) is 4. The summed E-state index contributed by atoms with van der Waals surface area (Å²) in [7, 11) is 0. The Bertz CT molecular complexity index is 850. The van der Waals surface area contributed by atoms with E-state index in [0.29, 0.717) is 0 Å². The molecule has 9 heteroatoms. The van der Waals surface area contributed by atoms with Crippen LogP contribution in [0.25, 0.3) is 0 Å². The van der Waals surface area contributed by atoms with Crippen molar-refractivity contribution in [3.05, 3.63) is 30.3 Å². The first-order valence-corrected chi connectivity index (χ1v) is 8.83. The van der Waals surface area contributed by atoms with Crippen LogP contribution in [0.5, 0.6) is 0 Å². The van der Waals surface area contributed by atoms with Crippen LogP contribution in [-0.2, 0) is 9.59 Å². The van der Waals surface area contributed by atoms with Gasteiger partial charge in [0.15, 0.2) is 6.17 Å². The fourth-order valence-electron chi connectivity index (χ4n) is 3.37. The average molecular weight is 368 g/mol. The molecule has 1 saturated heterocycles. The van der Waals surface area contributed by atoms with Gasteiger partial charge in [-0.05, 0) is 18.1 Å². The molecule has 3 aliphatic heterocycles. The number of hydrogen-bond donors (Lipinski definition) is 2. The maximum Gasteiger partial charge on any atom is 0.325 e. The van der Waals surface area contributed by atoms with Gasteiger partial charge in [0, 0.05) is 6.21 Å². The Morgan fingerprint density at radius 1 is 1.15 bits per heavy atom. The zero-order valence-corrected chi connectivity index (χ0v) is 15.0. The third kappa shape index (κ3) is 2.94. The first kappa shape index (κ1) is 17.2. The summed E-state index contributed by atoms with van der Waals surface area (Å²) in [6.45, 7) is 3.65.